The van der Waals surface area contributed by atoms with Crippen LogP contribution in [0.25, 0.3) is 0 Å². The molecule has 0 bridgehead atoms. The molecule has 1 fully saturated rings. The molecule has 1 aliphatic carbocycles. The summed E-state index contributed by atoms with van der Waals surface area (Å²) >= 11 is 0. The fourth-order valence-electron chi connectivity index (χ4n) is 1.69. The molecule has 0 aromatic carbocycles. The molecule has 8 heteroatoms. The molecule has 0 unspecified atom stereocenters. The first kappa shape index (κ1) is 15.6. The summed E-state index contributed by atoms with van der Waals surface area (Å²) in [5.41, 5.74) is 0.0156. The number of aliphatic hydroxyl groups excluding tert-OH is 1. The molecule has 1 heterocycles. The van der Waals surface area contributed by atoms with Crippen LogP contribution in [-0.4, -0.2) is 41.9 Å². The van der Waals surface area contributed by atoms with Crippen LogP contribution < -0.4 is 10.1 Å². The summed E-state index contributed by atoms with van der Waals surface area (Å²) in [6.07, 6.45) is -1.54. The molecule has 1 aliphatic rings. The lowest BCUT2D eigenvalue weighted by atomic mass is 10.1. The number of halogens is 3. The van der Waals surface area contributed by atoms with E-state index < -0.39 is 12.8 Å². The minimum Gasteiger partial charge on any atom is -0.468 e. The molecule has 21 heavy (non-hydrogen) atoms. The summed E-state index contributed by atoms with van der Waals surface area (Å²) in [5.74, 6) is -0.581. The summed E-state index contributed by atoms with van der Waals surface area (Å²) in [6, 6.07) is 2.55. The molecule has 0 aliphatic heterocycles. The number of rotatable bonds is 6. The van der Waals surface area contributed by atoms with Crippen LogP contribution in [0, 0.1) is 5.41 Å². The van der Waals surface area contributed by atoms with Crippen LogP contribution >= 0.6 is 0 Å². The Balaban J connectivity index is 1.85. The number of hydrogen-bond acceptors (Lipinski definition) is 4. The zero-order chi connectivity index (χ0) is 15.5. The van der Waals surface area contributed by atoms with Crippen LogP contribution in [0.2, 0.25) is 0 Å². The maximum atomic E-state index is 12.0. The number of carbonyl (C=O) groups is 1. The molecule has 5 nitrogen and oxygen atoms in total. The van der Waals surface area contributed by atoms with Gasteiger partial charge < -0.3 is 15.2 Å². The zero-order valence-corrected chi connectivity index (χ0v) is 11.1. The average Bonchev–Trinajstić information content (AvgIpc) is 3.23. The van der Waals surface area contributed by atoms with E-state index in [4.69, 9.17) is 5.11 Å². The largest absolute Gasteiger partial charge is 0.468 e. The lowest BCUT2D eigenvalue weighted by molar-refractivity contribution is -0.154. The van der Waals surface area contributed by atoms with Crippen molar-refractivity contribution in [2.75, 3.05) is 19.8 Å². The first-order chi connectivity index (χ1) is 9.84. The van der Waals surface area contributed by atoms with E-state index in [1.165, 1.54) is 12.1 Å². The summed E-state index contributed by atoms with van der Waals surface area (Å²) in [5, 5.41) is 11.8. The van der Waals surface area contributed by atoms with E-state index in [1.54, 1.807) is 0 Å². The van der Waals surface area contributed by atoms with Gasteiger partial charge in [-0.25, -0.2) is 4.98 Å². The van der Waals surface area contributed by atoms with E-state index in [0.29, 0.717) is 6.54 Å². The van der Waals surface area contributed by atoms with Gasteiger partial charge in [-0.2, -0.15) is 13.2 Å². The fraction of sp³-hybridized carbons (Fsp3) is 0.538. The summed E-state index contributed by atoms with van der Waals surface area (Å²) in [7, 11) is 0. The predicted octanol–water partition coefficient (Wildman–Crippen LogP) is 1.53. The topological polar surface area (TPSA) is 71.5 Å². The maximum Gasteiger partial charge on any atom is 0.422 e. The van der Waals surface area contributed by atoms with Gasteiger partial charge in [-0.15, -0.1) is 0 Å². The first-order valence-electron chi connectivity index (χ1n) is 6.38. The van der Waals surface area contributed by atoms with E-state index in [-0.39, 0.29) is 29.4 Å². The second kappa shape index (κ2) is 5.88. The molecule has 2 rings (SSSR count). The lowest BCUT2D eigenvalue weighted by Gasteiger charge is -2.13. The van der Waals surface area contributed by atoms with Crippen molar-refractivity contribution in [1.82, 2.24) is 10.3 Å². The summed E-state index contributed by atoms with van der Waals surface area (Å²) < 4.78 is 40.3. The van der Waals surface area contributed by atoms with E-state index in [1.807, 2.05) is 0 Å². The Kier molecular flexibility index (Phi) is 4.36. The maximum absolute atomic E-state index is 12.0. The van der Waals surface area contributed by atoms with Gasteiger partial charge >= 0.3 is 6.18 Å². The molecule has 116 valence electrons. The minimum absolute atomic E-state index is 0.0236. The number of hydrogen-bond donors (Lipinski definition) is 2. The van der Waals surface area contributed by atoms with Gasteiger partial charge in [0.25, 0.3) is 5.91 Å². The van der Waals surface area contributed by atoms with Crippen molar-refractivity contribution in [3.8, 4) is 5.88 Å². The summed E-state index contributed by atoms with van der Waals surface area (Å²) in [4.78, 5) is 15.5. The van der Waals surface area contributed by atoms with Crippen molar-refractivity contribution in [3.63, 3.8) is 0 Å². The van der Waals surface area contributed by atoms with Crippen molar-refractivity contribution >= 4 is 5.91 Å². The number of pyridine rings is 1. The predicted molar refractivity (Wildman–Crippen MR) is 66.9 cm³/mol. The molecule has 1 aromatic heterocycles. The van der Waals surface area contributed by atoms with Crippen molar-refractivity contribution in [3.05, 3.63) is 23.9 Å². The number of ether oxygens (including phenoxy) is 1. The lowest BCUT2D eigenvalue weighted by Crippen LogP contribution is -2.31. The number of aromatic nitrogens is 1. The fourth-order valence-corrected chi connectivity index (χ4v) is 1.69. The SMILES string of the molecule is O=C(NCC1(CO)CC1)c1ccc(OCC(F)(F)F)nc1. The Labute approximate surface area is 119 Å². The van der Waals surface area contributed by atoms with Crippen LogP contribution in [0.3, 0.4) is 0 Å². The quantitative estimate of drug-likeness (QED) is 0.836. The molecule has 0 radical (unpaired) electrons. The second-order valence-electron chi connectivity index (χ2n) is 5.13. The third kappa shape index (κ3) is 4.59. The number of amides is 1. The standard InChI is InChI=1S/C13H15F3N2O3/c14-13(15,16)8-21-10-2-1-9(5-17-10)11(20)18-6-12(7-19)3-4-12/h1-2,5,19H,3-4,6-8H2,(H,18,20). The van der Waals surface area contributed by atoms with Gasteiger partial charge in [0.15, 0.2) is 6.61 Å². The molecule has 2 N–H and O–H groups in total. The third-order valence-electron chi connectivity index (χ3n) is 3.30. The van der Waals surface area contributed by atoms with Gasteiger partial charge in [-0.1, -0.05) is 0 Å². The zero-order valence-electron chi connectivity index (χ0n) is 11.1. The number of alkyl halides is 3. The second-order valence-corrected chi connectivity index (χ2v) is 5.13. The highest BCUT2D eigenvalue weighted by molar-refractivity contribution is 5.93. The van der Waals surface area contributed by atoms with E-state index >= 15 is 0 Å². The van der Waals surface area contributed by atoms with Gasteiger partial charge in [-0.3, -0.25) is 4.79 Å². The van der Waals surface area contributed by atoms with Gasteiger partial charge in [0.2, 0.25) is 5.88 Å². The molecule has 0 atom stereocenters. The molecule has 1 amide bonds. The van der Waals surface area contributed by atoms with Crippen LogP contribution in [-0.2, 0) is 0 Å². The van der Waals surface area contributed by atoms with Crippen molar-refractivity contribution < 1.29 is 27.8 Å². The highest BCUT2D eigenvalue weighted by Gasteiger charge is 2.42. The van der Waals surface area contributed by atoms with Crippen molar-refractivity contribution in [1.29, 1.82) is 0 Å². The normalized spacial score (nSPS) is 16.4. The number of nitrogens with one attached hydrogen (secondary N) is 1. The van der Waals surface area contributed by atoms with Crippen LogP contribution in [0.5, 0.6) is 5.88 Å². The molecular weight excluding hydrogens is 289 g/mol. The smallest absolute Gasteiger partial charge is 0.422 e. The monoisotopic (exact) mass is 304 g/mol. The number of nitrogens with zero attached hydrogens (tertiary/aromatic N) is 1. The van der Waals surface area contributed by atoms with E-state index in [0.717, 1.165) is 19.0 Å². The van der Waals surface area contributed by atoms with Crippen LogP contribution in [0.4, 0.5) is 13.2 Å². The Morgan fingerprint density at radius 2 is 2.14 bits per heavy atom. The number of aliphatic hydroxyl groups is 1. The molecular formula is C13H15F3N2O3. The van der Waals surface area contributed by atoms with Gasteiger partial charge in [-0.05, 0) is 18.9 Å². The third-order valence-corrected chi connectivity index (χ3v) is 3.30. The van der Waals surface area contributed by atoms with Crippen LogP contribution in [0.15, 0.2) is 18.3 Å². The van der Waals surface area contributed by atoms with Crippen LogP contribution in [0.1, 0.15) is 23.2 Å². The van der Waals surface area contributed by atoms with Crippen molar-refractivity contribution in [2.24, 2.45) is 5.41 Å². The minimum atomic E-state index is -4.43. The number of carbonyl (C=O) groups excluding carboxylic acids is 1. The van der Waals surface area contributed by atoms with Crippen molar-refractivity contribution in [2.45, 2.75) is 19.0 Å². The highest BCUT2D eigenvalue weighted by Crippen LogP contribution is 2.44. The molecule has 1 aromatic rings. The molecule has 0 saturated heterocycles. The Bertz CT molecular complexity index is 498. The van der Waals surface area contributed by atoms with Gasteiger partial charge in [0.05, 0.1) is 12.2 Å². The van der Waals surface area contributed by atoms with E-state index in [2.05, 4.69) is 15.0 Å². The molecule has 0 spiro atoms. The first-order valence-corrected chi connectivity index (χ1v) is 6.38. The Hall–Kier alpha value is -1.83. The molecule has 1 saturated carbocycles. The summed E-state index contributed by atoms with van der Waals surface area (Å²) in [6.45, 7) is -1.03. The van der Waals surface area contributed by atoms with Gasteiger partial charge in [0, 0.05) is 24.2 Å². The Morgan fingerprint density at radius 1 is 1.43 bits per heavy atom. The Morgan fingerprint density at radius 3 is 2.62 bits per heavy atom. The van der Waals surface area contributed by atoms with E-state index in [9.17, 15) is 18.0 Å². The highest BCUT2D eigenvalue weighted by atomic mass is 19.4. The van der Waals surface area contributed by atoms with Gasteiger partial charge in [0.1, 0.15) is 0 Å². The average molecular weight is 304 g/mol.